The second-order valence-corrected chi connectivity index (χ2v) is 4.52. The van der Waals surface area contributed by atoms with Gasteiger partial charge in [-0.25, -0.2) is 8.78 Å². The Morgan fingerprint density at radius 2 is 2.19 bits per heavy atom. The molecule has 0 bridgehead atoms. The van der Waals surface area contributed by atoms with Gasteiger partial charge in [-0.1, -0.05) is 0 Å². The van der Waals surface area contributed by atoms with Crippen LogP contribution < -0.4 is 5.32 Å². The van der Waals surface area contributed by atoms with Gasteiger partial charge in [0.05, 0.1) is 5.56 Å². The van der Waals surface area contributed by atoms with E-state index in [1.807, 2.05) is 0 Å². The van der Waals surface area contributed by atoms with E-state index in [0.29, 0.717) is 13.0 Å². The number of hydrogen-bond donors (Lipinski definition) is 2. The molecule has 0 saturated carbocycles. The molecule has 2 N–H and O–H groups in total. The maximum absolute atomic E-state index is 13.8. The van der Waals surface area contributed by atoms with Crippen LogP contribution in [0.1, 0.15) is 16.8 Å². The minimum atomic E-state index is -0.780. The number of aliphatic hydroxyl groups is 1. The maximum atomic E-state index is 13.8. The summed E-state index contributed by atoms with van der Waals surface area (Å²) in [6.45, 7) is 0.266. The number of benzene rings is 1. The molecule has 0 saturated heterocycles. The molecular weight excluding hydrogens is 280 g/mol. The fraction of sp³-hybridized carbons (Fsp3) is 0.286. The summed E-state index contributed by atoms with van der Waals surface area (Å²) in [4.78, 5) is 12.1. The smallest absolute Gasteiger partial charge is 0.255 e. The molecule has 7 heteroatoms. The summed E-state index contributed by atoms with van der Waals surface area (Å²) in [6, 6.07) is 3.11. The zero-order valence-corrected chi connectivity index (χ0v) is 11.4. The van der Waals surface area contributed by atoms with Crippen LogP contribution in [0.4, 0.5) is 8.78 Å². The summed E-state index contributed by atoms with van der Waals surface area (Å²) in [5, 5.41) is 15.4. The third-order valence-corrected chi connectivity index (χ3v) is 2.88. The number of aromatic nitrogens is 2. The lowest BCUT2D eigenvalue weighted by Crippen LogP contribution is -2.25. The number of hydrogen-bond acceptors (Lipinski definition) is 3. The van der Waals surface area contributed by atoms with E-state index >= 15 is 0 Å². The topological polar surface area (TPSA) is 67.2 Å². The number of carbonyl (C=O) groups is 1. The Kier molecular flexibility index (Phi) is 4.64. The van der Waals surface area contributed by atoms with Gasteiger partial charge in [-0.15, -0.1) is 0 Å². The number of aryl methyl sites for hydroxylation is 1. The first-order valence-corrected chi connectivity index (χ1v) is 6.41. The standard InChI is InChI=1S/C14H15F2N3O2/c1-19-8-11(14(21)17-5-2-6-20)13(18-19)10-4-3-9(15)7-12(10)16/h3-4,7-8,20H,2,5-6H2,1H3,(H,17,21). The van der Waals surface area contributed by atoms with Gasteiger partial charge in [0.2, 0.25) is 0 Å². The van der Waals surface area contributed by atoms with Gasteiger partial charge in [-0.2, -0.15) is 5.10 Å². The van der Waals surface area contributed by atoms with Crippen LogP contribution in [0.2, 0.25) is 0 Å². The molecule has 0 spiro atoms. The molecule has 0 aliphatic rings. The predicted molar refractivity (Wildman–Crippen MR) is 72.6 cm³/mol. The maximum Gasteiger partial charge on any atom is 0.255 e. The van der Waals surface area contributed by atoms with Crippen LogP contribution in [0.3, 0.4) is 0 Å². The van der Waals surface area contributed by atoms with Crippen LogP contribution in [-0.4, -0.2) is 33.9 Å². The summed E-state index contributed by atoms with van der Waals surface area (Å²) < 4.78 is 28.2. The van der Waals surface area contributed by atoms with Gasteiger partial charge in [0, 0.05) is 38.0 Å². The normalized spacial score (nSPS) is 10.7. The molecule has 0 aliphatic carbocycles. The minimum absolute atomic E-state index is 0.0350. The Labute approximate surface area is 120 Å². The third-order valence-electron chi connectivity index (χ3n) is 2.88. The third kappa shape index (κ3) is 3.43. The summed E-state index contributed by atoms with van der Waals surface area (Å²) in [6.07, 6.45) is 1.89. The number of nitrogens with zero attached hydrogens (tertiary/aromatic N) is 2. The monoisotopic (exact) mass is 295 g/mol. The Hall–Kier alpha value is -2.28. The zero-order chi connectivity index (χ0) is 15.4. The van der Waals surface area contributed by atoms with E-state index in [1.54, 1.807) is 7.05 Å². The Morgan fingerprint density at radius 1 is 1.43 bits per heavy atom. The van der Waals surface area contributed by atoms with E-state index in [4.69, 9.17) is 5.11 Å². The molecule has 1 amide bonds. The first kappa shape index (κ1) is 15.1. The van der Waals surface area contributed by atoms with Crippen LogP contribution in [-0.2, 0) is 7.05 Å². The van der Waals surface area contributed by atoms with Crippen LogP contribution >= 0.6 is 0 Å². The molecule has 0 aliphatic heterocycles. The Balaban J connectivity index is 2.34. The van der Waals surface area contributed by atoms with Gasteiger partial charge in [0.25, 0.3) is 5.91 Å². The minimum Gasteiger partial charge on any atom is -0.396 e. The molecule has 0 unspecified atom stereocenters. The molecule has 21 heavy (non-hydrogen) atoms. The number of rotatable bonds is 5. The van der Waals surface area contributed by atoms with Crippen molar-refractivity contribution in [3.8, 4) is 11.3 Å². The van der Waals surface area contributed by atoms with Crippen molar-refractivity contribution in [2.45, 2.75) is 6.42 Å². The quantitative estimate of drug-likeness (QED) is 0.821. The van der Waals surface area contributed by atoms with Gasteiger partial charge >= 0.3 is 0 Å². The van der Waals surface area contributed by atoms with Crippen LogP contribution in [0.5, 0.6) is 0 Å². The van der Waals surface area contributed by atoms with E-state index in [0.717, 1.165) is 12.1 Å². The van der Waals surface area contributed by atoms with Crippen molar-refractivity contribution < 1.29 is 18.7 Å². The van der Waals surface area contributed by atoms with E-state index in [-0.39, 0.29) is 23.4 Å². The molecule has 2 rings (SSSR count). The molecule has 0 atom stereocenters. The van der Waals surface area contributed by atoms with E-state index < -0.39 is 17.5 Å². The highest BCUT2D eigenvalue weighted by Crippen LogP contribution is 2.25. The molecule has 1 heterocycles. The van der Waals surface area contributed by atoms with Crippen molar-refractivity contribution in [3.05, 3.63) is 41.6 Å². The largest absolute Gasteiger partial charge is 0.396 e. The van der Waals surface area contributed by atoms with Crippen molar-refractivity contribution in [1.29, 1.82) is 0 Å². The molecule has 0 fully saturated rings. The highest BCUT2D eigenvalue weighted by Gasteiger charge is 2.19. The molecule has 2 aromatic rings. The number of aliphatic hydroxyl groups excluding tert-OH is 1. The number of halogens is 2. The van der Waals surface area contributed by atoms with Gasteiger partial charge in [0.15, 0.2) is 0 Å². The fourth-order valence-electron chi connectivity index (χ4n) is 1.91. The Bertz CT molecular complexity index is 656. The van der Waals surface area contributed by atoms with E-state index in [9.17, 15) is 13.6 Å². The molecule has 112 valence electrons. The zero-order valence-electron chi connectivity index (χ0n) is 11.4. The number of amides is 1. The van der Waals surface area contributed by atoms with Gasteiger partial charge in [-0.05, 0) is 18.6 Å². The highest BCUT2D eigenvalue weighted by atomic mass is 19.1. The summed E-state index contributed by atoms with van der Waals surface area (Å²) in [5.74, 6) is -1.89. The Morgan fingerprint density at radius 3 is 2.86 bits per heavy atom. The van der Waals surface area contributed by atoms with Crippen molar-refractivity contribution in [3.63, 3.8) is 0 Å². The van der Waals surface area contributed by atoms with E-state index in [1.165, 1.54) is 16.9 Å². The van der Waals surface area contributed by atoms with Gasteiger partial charge in [-0.3, -0.25) is 9.48 Å². The number of carbonyl (C=O) groups excluding carboxylic acids is 1. The summed E-state index contributed by atoms with van der Waals surface area (Å²) in [5.41, 5.74) is 0.404. The highest BCUT2D eigenvalue weighted by molar-refractivity contribution is 5.99. The molecule has 1 aromatic heterocycles. The molecule has 1 aromatic carbocycles. The average molecular weight is 295 g/mol. The van der Waals surface area contributed by atoms with Crippen molar-refractivity contribution in [1.82, 2.24) is 15.1 Å². The van der Waals surface area contributed by atoms with Crippen LogP contribution in [0, 0.1) is 11.6 Å². The lowest BCUT2D eigenvalue weighted by molar-refractivity contribution is 0.0951. The fourth-order valence-corrected chi connectivity index (χ4v) is 1.91. The van der Waals surface area contributed by atoms with Crippen molar-refractivity contribution >= 4 is 5.91 Å². The lowest BCUT2D eigenvalue weighted by Gasteiger charge is -2.05. The molecule has 0 radical (unpaired) electrons. The molecular formula is C14H15F2N3O2. The first-order chi connectivity index (χ1) is 10.0. The second kappa shape index (κ2) is 6.45. The molecule has 5 nitrogen and oxygen atoms in total. The van der Waals surface area contributed by atoms with Gasteiger partial charge < -0.3 is 10.4 Å². The average Bonchev–Trinajstić information content (AvgIpc) is 2.81. The van der Waals surface area contributed by atoms with Crippen molar-refractivity contribution in [2.24, 2.45) is 7.05 Å². The van der Waals surface area contributed by atoms with Crippen LogP contribution in [0.25, 0.3) is 11.3 Å². The number of nitrogens with one attached hydrogen (secondary N) is 1. The van der Waals surface area contributed by atoms with Crippen LogP contribution in [0.15, 0.2) is 24.4 Å². The van der Waals surface area contributed by atoms with Gasteiger partial charge in [0.1, 0.15) is 17.3 Å². The van der Waals surface area contributed by atoms with E-state index in [2.05, 4.69) is 10.4 Å². The lowest BCUT2D eigenvalue weighted by atomic mass is 10.1. The first-order valence-electron chi connectivity index (χ1n) is 6.41. The SMILES string of the molecule is Cn1cc(C(=O)NCCCO)c(-c2ccc(F)cc2F)n1. The predicted octanol–water partition coefficient (Wildman–Crippen LogP) is 1.48. The van der Waals surface area contributed by atoms with Crippen molar-refractivity contribution in [2.75, 3.05) is 13.2 Å². The summed E-state index contributed by atoms with van der Waals surface area (Å²) >= 11 is 0. The summed E-state index contributed by atoms with van der Waals surface area (Å²) in [7, 11) is 1.61. The second-order valence-electron chi connectivity index (χ2n) is 4.52.